The Bertz CT molecular complexity index is 800. The van der Waals surface area contributed by atoms with E-state index in [4.69, 9.17) is 0 Å². The highest BCUT2D eigenvalue weighted by atomic mass is 35.5. The van der Waals surface area contributed by atoms with Gasteiger partial charge in [0.2, 0.25) is 0 Å². The number of rotatable bonds is 4. The van der Waals surface area contributed by atoms with Gasteiger partial charge in [0.05, 0.1) is 12.1 Å². The fraction of sp³-hybridized carbons (Fsp3) is 0.316. The Kier molecular flexibility index (Phi) is 7.29. The Morgan fingerprint density at radius 1 is 1.14 bits per heavy atom. The van der Waals surface area contributed by atoms with Crippen LogP contribution in [0.1, 0.15) is 16.8 Å². The van der Waals surface area contributed by atoms with Gasteiger partial charge in [-0.3, -0.25) is 4.79 Å². The predicted octanol–water partition coefficient (Wildman–Crippen LogP) is 3.13. The van der Waals surface area contributed by atoms with Gasteiger partial charge in [-0.2, -0.15) is 0 Å². The van der Waals surface area contributed by atoms with Crippen molar-refractivity contribution in [2.45, 2.75) is 24.9 Å². The number of ether oxygens (including phenoxy) is 1. The number of amides is 1. The normalized spacial score (nSPS) is 19.4. The molecule has 9 heteroatoms. The lowest BCUT2D eigenvalue weighted by Crippen LogP contribution is -2.52. The lowest BCUT2D eigenvalue weighted by atomic mass is 10.0. The summed E-state index contributed by atoms with van der Waals surface area (Å²) in [6.45, 7) is 1.14. The molecule has 1 saturated heterocycles. The van der Waals surface area contributed by atoms with Gasteiger partial charge in [-0.15, -0.1) is 25.6 Å². The second-order valence-corrected chi connectivity index (χ2v) is 6.29. The third-order valence-electron chi connectivity index (χ3n) is 4.31. The number of nitrogens with one attached hydrogen (secondary N) is 2. The first-order valence-electron chi connectivity index (χ1n) is 8.48. The van der Waals surface area contributed by atoms with Crippen LogP contribution >= 0.6 is 12.4 Å². The van der Waals surface area contributed by atoms with Gasteiger partial charge in [0.1, 0.15) is 5.75 Å². The number of hydrogen-bond acceptors (Lipinski definition) is 4. The van der Waals surface area contributed by atoms with E-state index in [-0.39, 0.29) is 30.1 Å². The van der Waals surface area contributed by atoms with E-state index in [9.17, 15) is 23.1 Å². The zero-order chi connectivity index (χ0) is 19.4. The van der Waals surface area contributed by atoms with E-state index in [2.05, 4.69) is 15.4 Å². The van der Waals surface area contributed by atoms with Crippen LogP contribution in [-0.2, 0) is 0 Å². The van der Waals surface area contributed by atoms with Crippen LogP contribution in [0.15, 0.2) is 48.5 Å². The number of aliphatic hydroxyl groups excluding tert-OH is 1. The topological polar surface area (TPSA) is 70.6 Å². The Morgan fingerprint density at radius 3 is 2.50 bits per heavy atom. The first-order chi connectivity index (χ1) is 12.8. The van der Waals surface area contributed by atoms with E-state index in [1.54, 1.807) is 24.3 Å². The minimum absolute atomic E-state index is 0. The first-order valence-corrected chi connectivity index (χ1v) is 8.48. The van der Waals surface area contributed by atoms with Gasteiger partial charge >= 0.3 is 6.36 Å². The minimum Gasteiger partial charge on any atom is -0.406 e. The Morgan fingerprint density at radius 2 is 1.86 bits per heavy atom. The number of piperidine rings is 1. The molecule has 0 unspecified atom stereocenters. The fourth-order valence-electron chi connectivity index (χ4n) is 2.95. The predicted molar refractivity (Wildman–Crippen MR) is 101 cm³/mol. The molecule has 3 N–H and O–H groups in total. The minimum atomic E-state index is -4.74. The molecule has 0 bridgehead atoms. The molecule has 0 aromatic heterocycles. The molecule has 152 valence electrons. The van der Waals surface area contributed by atoms with Gasteiger partial charge in [-0.1, -0.05) is 24.3 Å². The summed E-state index contributed by atoms with van der Waals surface area (Å²) < 4.78 is 40.6. The highest BCUT2D eigenvalue weighted by Crippen LogP contribution is 2.27. The molecule has 0 radical (unpaired) electrons. The van der Waals surface area contributed by atoms with E-state index < -0.39 is 12.5 Å². The molecular formula is C19H20ClF3N2O3. The van der Waals surface area contributed by atoms with Crippen LogP contribution < -0.4 is 15.4 Å². The molecule has 1 amide bonds. The molecule has 28 heavy (non-hydrogen) atoms. The number of carbonyl (C=O) groups is 1. The van der Waals surface area contributed by atoms with Crippen molar-refractivity contribution in [1.82, 2.24) is 10.6 Å². The molecule has 0 saturated carbocycles. The number of carbonyl (C=O) groups excluding carboxylic acids is 1. The maximum atomic E-state index is 12.5. The Hall–Kier alpha value is -2.29. The van der Waals surface area contributed by atoms with Crippen molar-refractivity contribution in [3.8, 4) is 16.9 Å². The van der Waals surface area contributed by atoms with Crippen molar-refractivity contribution in [3.05, 3.63) is 54.1 Å². The van der Waals surface area contributed by atoms with E-state index >= 15 is 0 Å². The Balaban J connectivity index is 0.00000280. The zero-order valence-corrected chi connectivity index (χ0v) is 15.5. The van der Waals surface area contributed by atoms with Crippen molar-refractivity contribution in [3.63, 3.8) is 0 Å². The second-order valence-electron chi connectivity index (χ2n) is 6.29. The first kappa shape index (κ1) is 22.0. The molecule has 0 aliphatic carbocycles. The molecule has 1 heterocycles. The molecule has 2 aromatic carbocycles. The zero-order valence-electron chi connectivity index (χ0n) is 14.7. The van der Waals surface area contributed by atoms with Gasteiger partial charge in [-0.05, 0) is 48.4 Å². The largest absolute Gasteiger partial charge is 0.573 e. The van der Waals surface area contributed by atoms with Gasteiger partial charge in [0.25, 0.3) is 5.91 Å². The maximum Gasteiger partial charge on any atom is 0.573 e. The molecule has 2 atom stereocenters. The quantitative estimate of drug-likeness (QED) is 0.716. The van der Waals surface area contributed by atoms with Crippen LogP contribution in [0.4, 0.5) is 13.2 Å². The van der Waals surface area contributed by atoms with E-state index in [1.165, 1.54) is 24.3 Å². The van der Waals surface area contributed by atoms with Crippen molar-refractivity contribution in [2.24, 2.45) is 0 Å². The van der Waals surface area contributed by atoms with Crippen molar-refractivity contribution >= 4 is 18.3 Å². The van der Waals surface area contributed by atoms with Crippen molar-refractivity contribution in [2.75, 3.05) is 13.1 Å². The SMILES string of the molecule is Cl.O=C(N[C@@H]1CCNC[C@H]1O)c1cccc(-c2ccc(OC(F)(F)F)cc2)c1. The van der Waals surface area contributed by atoms with Gasteiger partial charge < -0.3 is 20.5 Å². The van der Waals surface area contributed by atoms with Crippen molar-refractivity contribution in [1.29, 1.82) is 0 Å². The summed E-state index contributed by atoms with van der Waals surface area (Å²) in [6.07, 6.45) is -4.75. The number of halogens is 4. The highest BCUT2D eigenvalue weighted by Gasteiger charge is 2.31. The number of aliphatic hydroxyl groups is 1. The van der Waals surface area contributed by atoms with E-state index in [0.29, 0.717) is 36.2 Å². The van der Waals surface area contributed by atoms with Crippen LogP contribution in [-0.4, -0.2) is 42.6 Å². The molecule has 0 spiro atoms. The lowest BCUT2D eigenvalue weighted by Gasteiger charge is -2.29. The third-order valence-corrected chi connectivity index (χ3v) is 4.31. The monoisotopic (exact) mass is 416 g/mol. The molecule has 2 aromatic rings. The van der Waals surface area contributed by atoms with E-state index in [0.717, 1.165) is 0 Å². The summed E-state index contributed by atoms with van der Waals surface area (Å²) in [5.74, 6) is -0.611. The van der Waals surface area contributed by atoms with Crippen LogP contribution in [0.25, 0.3) is 11.1 Å². The van der Waals surface area contributed by atoms with Crippen LogP contribution in [0.2, 0.25) is 0 Å². The smallest absolute Gasteiger partial charge is 0.406 e. The number of alkyl halides is 3. The highest BCUT2D eigenvalue weighted by molar-refractivity contribution is 5.95. The summed E-state index contributed by atoms with van der Waals surface area (Å²) in [7, 11) is 0. The summed E-state index contributed by atoms with van der Waals surface area (Å²) in [4.78, 5) is 12.5. The number of β-amino-alcohol motifs (C(OH)–C–C–N with tert-alkyl or cyclic N) is 1. The standard InChI is InChI=1S/C19H19F3N2O3.ClH/c20-19(21,22)27-15-6-4-12(5-7-15)13-2-1-3-14(10-13)18(26)24-16-8-9-23-11-17(16)25;/h1-7,10,16-17,23,25H,8-9,11H2,(H,24,26);1H/t16-,17-;/m1./s1. The number of benzene rings is 2. The fourth-order valence-corrected chi connectivity index (χ4v) is 2.95. The maximum absolute atomic E-state index is 12.5. The summed E-state index contributed by atoms with van der Waals surface area (Å²) in [5.41, 5.74) is 1.75. The summed E-state index contributed by atoms with van der Waals surface area (Å²) in [5, 5.41) is 15.8. The van der Waals surface area contributed by atoms with Gasteiger partial charge in [0, 0.05) is 12.1 Å². The summed E-state index contributed by atoms with van der Waals surface area (Å²) in [6, 6.07) is 11.9. The van der Waals surface area contributed by atoms with Crippen LogP contribution in [0.3, 0.4) is 0 Å². The van der Waals surface area contributed by atoms with Crippen molar-refractivity contribution < 1.29 is 27.8 Å². The molecule has 5 nitrogen and oxygen atoms in total. The molecule has 1 aliphatic heterocycles. The third kappa shape index (κ3) is 5.85. The molecular weight excluding hydrogens is 397 g/mol. The molecule has 1 fully saturated rings. The van der Waals surface area contributed by atoms with Crippen LogP contribution in [0.5, 0.6) is 5.75 Å². The van der Waals surface area contributed by atoms with Crippen LogP contribution in [0, 0.1) is 0 Å². The average molecular weight is 417 g/mol. The Labute approximate surface area is 166 Å². The molecule has 1 aliphatic rings. The number of hydrogen-bond donors (Lipinski definition) is 3. The average Bonchev–Trinajstić information content (AvgIpc) is 2.63. The second kappa shape index (κ2) is 9.27. The van der Waals surface area contributed by atoms with Gasteiger partial charge in [-0.25, -0.2) is 0 Å². The molecule has 3 rings (SSSR count). The van der Waals surface area contributed by atoms with Gasteiger partial charge in [0.15, 0.2) is 0 Å². The summed E-state index contributed by atoms with van der Waals surface area (Å²) >= 11 is 0. The van der Waals surface area contributed by atoms with E-state index in [1.807, 2.05) is 0 Å². The lowest BCUT2D eigenvalue weighted by molar-refractivity contribution is -0.274.